The molecule has 0 saturated heterocycles. The van der Waals surface area contributed by atoms with E-state index in [1.807, 2.05) is 0 Å². The monoisotopic (exact) mass is 188 g/mol. The molecule has 0 aromatic rings. The molecule has 0 aliphatic heterocycles. The second-order valence-corrected chi connectivity index (χ2v) is 2.25. The summed E-state index contributed by atoms with van der Waals surface area (Å²) in [6.45, 7) is 6.11. The third-order valence-corrected chi connectivity index (χ3v) is 0.933. The van der Waals surface area contributed by atoms with Crippen molar-refractivity contribution < 1.29 is 0 Å². The zero-order chi connectivity index (χ0) is 6.41. The first-order valence-corrected chi connectivity index (χ1v) is 3.21. The highest BCUT2D eigenvalue weighted by atomic mass is 35.5. The SMILES string of the molecule is CC(C)NCCCN.Cl.Cl. The van der Waals surface area contributed by atoms with Crippen LogP contribution < -0.4 is 11.1 Å². The van der Waals surface area contributed by atoms with Crippen LogP contribution in [0.1, 0.15) is 20.3 Å². The molecule has 0 aromatic carbocycles. The molecule has 0 heterocycles. The first-order valence-electron chi connectivity index (χ1n) is 3.21. The highest BCUT2D eigenvalue weighted by Crippen LogP contribution is 1.76. The Balaban J connectivity index is -0.000000245. The molecule has 0 radical (unpaired) electrons. The zero-order valence-electron chi connectivity index (χ0n) is 6.59. The van der Waals surface area contributed by atoms with E-state index >= 15 is 0 Å². The van der Waals surface area contributed by atoms with Gasteiger partial charge < -0.3 is 11.1 Å². The van der Waals surface area contributed by atoms with Gasteiger partial charge >= 0.3 is 0 Å². The van der Waals surface area contributed by atoms with Gasteiger partial charge in [0.1, 0.15) is 0 Å². The average Bonchev–Trinajstić information content (AvgIpc) is 1.66. The number of nitrogens with two attached hydrogens (primary N) is 1. The number of halogens is 2. The second kappa shape index (κ2) is 12.2. The van der Waals surface area contributed by atoms with Gasteiger partial charge in [0.15, 0.2) is 0 Å². The highest BCUT2D eigenvalue weighted by Gasteiger charge is 1.87. The molecule has 0 spiro atoms. The van der Waals surface area contributed by atoms with Crippen LogP contribution in [0.2, 0.25) is 0 Å². The van der Waals surface area contributed by atoms with Gasteiger partial charge in [0.2, 0.25) is 0 Å². The van der Waals surface area contributed by atoms with E-state index in [1.54, 1.807) is 0 Å². The Kier molecular flexibility index (Phi) is 20.6. The summed E-state index contributed by atoms with van der Waals surface area (Å²) in [5, 5.41) is 3.27. The molecule has 0 atom stereocenters. The Hall–Kier alpha value is 0.500. The first-order chi connectivity index (χ1) is 3.77. The minimum absolute atomic E-state index is 0. The van der Waals surface area contributed by atoms with E-state index < -0.39 is 0 Å². The van der Waals surface area contributed by atoms with E-state index in [1.165, 1.54) is 0 Å². The van der Waals surface area contributed by atoms with Crippen LogP contribution in [-0.2, 0) is 0 Å². The Morgan fingerprint density at radius 3 is 2.10 bits per heavy atom. The van der Waals surface area contributed by atoms with Crippen LogP contribution in [-0.4, -0.2) is 19.1 Å². The number of hydrogen-bond donors (Lipinski definition) is 2. The first kappa shape index (κ1) is 16.8. The molecule has 0 unspecified atom stereocenters. The fourth-order valence-electron chi connectivity index (χ4n) is 0.493. The Labute approximate surface area is 75.8 Å². The van der Waals surface area contributed by atoms with E-state index in [9.17, 15) is 0 Å². The lowest BCUT2D eigenvalue weighted by atomic mass is 10.3. The Morgan fingerprint density at radius 2 is 1.80 bits per heavy atom. The maximum atomic E-state index is 5.27. The molecule has 0 fully saturated rings. The molecule has 3 N–H and O–H groups in total. The summed E-state index contributed by atoms with van der Waals surface area (Å²) >= 11 is 0. The highest BCUT2D eigenvalue weighted by molar-refractivity contribution is 5.85. The molecule has 2 nitrogen and oxygen atoms in total. The van der Waals surface area contributed by atoms with Crippen LogP contribution in [0.5, 0.6) is 0 Å². The van der Waals surface area contributed by atoms with Crippen LogP contribution in [0, 0.1) is 0 Å². The fraction of sp³-hybridized carbons (Fsp3) is 1.00. The molecule has 0 amide bonds. The summed E-state index contributed by atoms with van der Waals surface area (Å²) in [7, 11) is 0. The molecule has 4 heteroatoms. The maximum absolute atomic E-state index is 5.27. The lowest BCUT2D eigenvalue weighted by Gasteiger charge is -2.04. The molecule has 0 rings (SSSR count). The fourth-order valence-corrected chi connectivity index (χ4v) is 0.493. The summed E-state index contributed by atoms with van der Waals surface area (Å²) in [6.07, 6.45) is 1.08. The normalized spacial score (nSPS) is 8.40. The molecule has 0 saturated carbocycles. The van der Waals surface area contributed by atoms with E-state index in [0.717, 1.165) is 19.5 Å². The summed E-state index contributed by atoms with van der Waals surface area (Å²) in [5.74, 6) is 0. The van der Waals surface area contributed by atoms with Crippen molar-refractivity contribution in [3.63, 3.8) is 0 Å². The van der Waals surface area contributed by atoms with E-state index in [0.29, 0.717) is 6.04 Å². The molecule has 0 aliphatic carbocycles. The average molecular weight is 189 g/mol. The largest absolute Gasteiger partial charge is 0.330 e. The van der Waals surface area contributed by atoms with Crippen molar-refractivity contribution in [1.82, 2.24) is 5.32 Å². The summed E-state index contributed by atoms with van der Waals surface area (Å²) in [6, 6.07) is 0.599. The quantitative estimate of drug-likeness (QED) is 0.651. The molecule has 66 valence electrons. The van der Waals surface area contributed by atoms with E-state index in [-0.39, 0.29) is 24.8 Å². The van der Waals surface area contributed by atoms with Crippen molar-refractivity contribution >= 4 is 24.8 Å². The molecule has 10 heavy (non-hydrogen) atoms. The van der Waals surface area contributed by atoms with Crippen molar-refractivity contribution in [2.24, 2.45) is 5.73 Å². The van der Waals surface area contributed by atoms with Gasteiger partial charge in [-0.1, -0.05) is 13.8 Å². The molecule has 0 bridgehead atoms. The van der Waals surface area contributed by atoms with Gasteiger partial charge in [0, 0.05) is 6.04 Å². The van der Waals surface area contributed by atoms with Crippen LogP contribution in [0.3, 0.4) is 0 Å². The molecule has 0 aromatic heterocycles. The van der Waals surface area contributed by atoms with Crippen LogP contribution in [0.15, 0.2) is 0 Å². The smallest absolute Gasteiger partial charge is 0.00103 e. The predicted octanol–water partition coefficient (Wildman–Crippen LogP) is 1.18. The van der Waals surface area contributed by atoms with Crippen LogP contribution in [0.25, 0.3) is 0 Å². The Bertz CT molecular complexity index is 51.0. The van der Waals surface area contributed by atoms with Crippen molar-refractivity contribution in [2.45, 2.75) is 26.3 Å². The number of nitrogens with one attached hydrogen (secondary N) is 1. The van der Waals surface area contributed by atoms with Gasteiger partial charge in [0.25, 0.3) is 0 Å². The van der Waals surface area contributed by atoms with Crippen molar-refractivity contribution in [2.75, 3.05) is 13.1 Å². The predicted molar refractivity (Wildman–Crippen MR) is 51.3 cm³/mol. The van der Waals surface area contributed by atoms with Gasteiger partial charge in [-0.3, -0.25) is 0 Å². The van der Waals surface area contributed by atoms with Gasteiger partial charge in [-0.15, -0.1) is 24.8 Å². The van der Waals surface area contributed by atoms with Gasteiger partial charge in [-0.05, 0) is 19.5 Å². The van der Waals surface area contributed by atoms with Crippen molar-refractivity contribution in [3.8, 4) is 0 Å². The third kappa shape index (κ3) is 15.8. The van der Waals surface area contributed by atoms with Gasteiger partial charge in [-0.25, -0.2) is 0 Å². The second-order valence-electron chi connectivity index (χ2n) is 2.25. The third-order valence-electron chi connectivity index (χ3n) is 0.933. The molecule has 0 aliphatic rings. The lowest BCUT2D eigenvalue weighted by Crippen LogP contribution is -2.25. The van der Waals surface area contributed by atoms with E-state index in [4.69, 9.17) is 5.73 Å². The summed E-state index contributed by atoms with van der Waals surface area (Å²) in [4.78, 5) is 0. The Morgan fingerprint density at radius 1 is 1.30 bits per heavy atom. The van der Waals surface area contributed by atoms with Crippen LogP contribution in [0.4, 0.5) is 0 Å². The van der Waals surface area contributed by atoms with Gasteiger partial charge in [0.05, 0.1) is 0 Å². The van der Waals surface area contributed by atoms with Crippen LogP contribution >= 0.6 is 24.8 Å². The minimum atomic E-state index is 0. The molecular weight excluding hydrogens is 171 g/mol. The number of hydrogen-bond acceptors (Lipinski definition) is 2. The molecular formula is C6H18Cl2N2. The van der Waals surface area contributed by atoms with Crippen molar-refractivity contribution in [3.05, 3.63) is 0 Å². The lowest BCUT2D eigenvalue weighted by molar-refractivity contribution is 0.574. The maximum Gasteiger partial charge on any atom is 0.00103 e. The topological polar surface area (TPSA) is 38.0 Å². The standard InChI is InChI=1S/C6H16N2.2ClH/c1-6(2)8-5-3-4-7;;/h6,8H,3-5,7H2,1-2H3;2*1H. The van der Waals surface area contributed by atoms with Gasteiger partial charge in [-0.2, -0.15) is 0 Å². The summed E-state index contributed by atoms with van der Waals surface area (Å²) < 4.78 is 0. The van der Waals surface area contributed by atoms with E-state index in [2.05, 4.69) is 19.2 Å². The zero-order valence-corrected chi connectivity index (χ0v) is 8.23. The number of rotatable bonds is 4. The summed E-state index contributed by atoms with van der Waals surface area (Å²) in [5.41, 5.74) is 5.27. The minimum Gasteiger partial charge on any atom is -0.330 e. The van der Waals surface area contributed by atoms with Crippen molar-refractivity contribution in [1.29, 1.82) is 0 Å².